The molecule has 0 spiro atoms. The summed E-state index contributed by atoms with van der Waals surface area (Å²) >= 11 is 0. The van der Waals surface area contributed by atoms with Gasteiger partial charge in [0.2, 0.25) is 5.91 Å². The predicted octanol–water partition coefficient (Wildman–Crippen LogP) is 4.12. The molecule has 28 heavy (non-hydrogen) atoms. The first-order chi connectivity index (χ1) is 13.2. The van der Waals surface area contributed by atoms with Gasteiger partial charge in [0, 0.05) is 12.5 Å². The number of nitrogens with zero attached hydrogens (tertiary/aromatic N) is 1. The highest BCUT2D eigenvalue weighted by atomic mass is 35.5. The monoisotopic (exact) mass is 400 g/mol. The van der Waals surface area contributed by atoms with E-state index < -0.39 is 0 Å². The quantitative estimate of drug-likeness (QED) is 0.839. The van der Waals surface area contributed by atoms with Crippen molar-refractivity contribution in [2.75, 3.05) is 13.7 Å². The number of methoxy groups -OCH3 is 1. The summed E-state index contributed by atoms with van der Waals surface area (Å²) in [6.45, 7) is 1.24. The standard InChI is InChI=1S/C23H28N2O2.ClH/c1-27-20-11-10-17-13-22(16-6-3-2-4-7-16)25(15-19(17)12-20)23(26)21-9-5-8-18(21)14-24;/h2-4,6-7,10-12,18,21-22H,5,8-9,13-15,24H2,1H3;1H/t18-,21-,22?;/m1./s1. The highest BCUT2D eigenvalue weighted by Crippen LogP contribution is 2.39. The Labute approximate surface area is 173 Å². The van der Waals surface area contributed by atoms with Crippen LogP contribution in [0.15, 0.2) is 48.5 Å². The third-order valence-electron chi connectivity index (χ3n) is 6.29. The van der Waals surface area contributed by atoms with Crippen molar-refractivity contribution in [3.63, 3.8) is 0 Å². The second-order valence-corrected chi connectivity index (χ2v) is 7.76. The number of ether oxygens (including phenoxy) is 1. The van der Waals surface area contributed by atoms with E-state index in [2.05, 4.69) is 41.3 Å². The molecular formula is C23H29ClN2O2. The van der Waals surface area contributed by atoms with E-state index >= 15 is 0 Å². The molecule has 2 aliphatic rings. The molecule has 4 nitrogen and oxygen atoms in total. The Kier molecular flexibility index (Phi) is 6.63. The van der Waals surface area contributed by atoms with Gasteiger partial charge in [0.25, 0.3) is 0 Å². The van der Waals surface area contributed by atoms with Crippen molar-refractivity contribution in [1.82, 2.24) is 4.90 Å². The summed E-state index contributed by atoms with van der Waals surface area (Å²) in [4.78, 5) is 15.6. The van der Waals surface area contributed by atoms with Crippen molar-refractivity contribution in [3.8, 4) is 5.75 Å². The van der Waals surface area contributed by atoms with Gasteiger partial charge < -0.3 is 15.4 Å². The molecule has 0 bridgehead atoms. The Bertz CT molecular complexity index is 812. The van der Waals surface area contributed by atoms with Crippen LogP contribution in [-0.2, 0) is 17.8 Å². The van der Waals surface area contributed by atoms with E-state index in [4.69, 9.17) is 10.5 Å². The third kappa shape index (κ3) is 3.89. The fraction of sp³-hybridized carbons (Fsp3) is 0.435. The second-order valence-electron chi connectivity index (χ2n) is 7.76. The zero-order chi connectivity index (χ0) is 18.8. The van der Waals surface area contributed by atoms with Gasteiger partial charge in [-0.2, -0.15) is 0 Å². The Hall–Kier alpha value is -2.04. The fourth-order valence-electron chi connectivity index (χ4n) is 4.75. The first-order valence-electron chi connectivity index (χ1n) is 9.92. The Morgan fingerprint density at radius 1 is 1.14 bits per heavy atom. The van der Waals surface area contributed by atoms with Gasteiger partial charge in [-0.3, -0.25) is 4.79 Å². The van der Waals surface area contributed by atoms with E-state index in [0.29, 0.717) is 19.0 Å². The molecule has 4 rings (SSSR count). The van der Waals surface area contributed by atoms with Crippen LogP contribution in [0.2, 0.25) is 0 Å². The molecule has 1 aliphatic heterocycles. The van der Waals surface area contributed by atoms with Gasteiger partial charge in [0.1, 0.15) is 5.75 Å². The maximum absolute atomic E-state index is 13.6. The molecule has 5 heteroatoms. The number of nitrogens with two attached hydrogens (primary N) is 1. The fourth-order valence-corrected chi connectivity index (χ4v) is 4.75. The third-order valence-corrected chi connectivity index (χ3v) is 6.29. The van der Waals surface area contributed by atoms with Crippen molar-refractivity contribution in [2.45, 2.75) is 38.3 Å². The van der Waals surface area contributed by atoms with Gasteiger partial charge in [-0.05, 0) is 60.5 Å². The summed E-state index contributed by atoms with van der Waals surface area (Å²) in [5, 5.41) is 0. The van der Waals surface area contributed by atoms with Crippen molar-refractivity contribution in [3.05, 3.63) is 65.2 Å². The van der Waals surface area contributed by atoms with Crippen molar-refractivity contribution >= 4 is 18.3 Å². The van der Waals surface area contributed by atoms with Crippen LogP contribution in [0.1, 0.15) is 42.0 Å². The van der Waals surface area contributed by atoms with E-state index in [1.807, 2.05) is 12.1 Å². The van der Waals surface area contributed by atoms with Crippen LogP contribution in [0, 0.1) is 11.8 Å². The first kappa shape index (κ1) is 20.7. The number of halogens is 1. The number of hydrogen-bond donors (Lipinski definition) is 1. The molecule has 2 N–H and O–H groups in total. The lowest BCUT2D eigenvalue weighted by Gasteiger charge is -2.39. The lowest BCUT2D eigenvalue weighted by atomic mass is 9.87. The Morgan fingerprint density at radius 2 is 1.93 bits per heavy atom. The van der Waals surface area contributed by atoms with Gasteiger partial charge in [0.15, 0.2) is 0 Å². The molecule has 1 unspecified atom stereocenters. The smallest absolute Gasteiger partial charge is 0.226 e. The zero-order valence-corrected chi connectivity index (χ0v) is 17.2. The molecule has 2 aromatic rings. The summed E-state index contributed by atoms with van der Waals surface area (Å²) in [7, 11) is 1.69. The number of fused-ring (bicyclic) bond motifs is 1. The van der Waals surface area contributed by atoms with Crippen LogP contribution in [0.25, 0.3) is 0 Å². The topological polar surface area (TPSA) is 55.6 Å². The molecule has 1 heterocycles. The highest BCUT2D eigenvalue weighted by Gasteiger charge is 2.39. The molecule has 1 saturated carbocycles. The number of amides is 1. The molecule has 3 atom stereocenters. The second kappa shape index (κ2) is 8.97. The van der Waals surface area contributed by atoms with Crippen LogP contribution in [-0.4, -0.2) is 24.5 Å². The molecule has 1 aliphatic carbocycles. The minimum atomic E-state index is 0. The number of benzene rings is 2. The van der Waals surface area contributed by atoms with E-state index in [-0.39, 0.29) is 30.3 Å². The molecule has 1 amide bonds. The van der Waals surface area contributed by atoms with E-state index in [9.17, 15) is 4.79 Å². The largest absolute Gasteiger partial charge is 0.497 e. The molecule has 0 radical (unpaired) electrons. The van der Waals surface area contributed by atoms with Crippen molar-refractivity contribution in [1.29, 1.82) is 0 Å². The summed E-state index contributed by atoms with van der Waals surface area (Å²) < 4.78 is 5.40. The minimum absolute atomic E-state index is 0. The van der Waals surface area contributed by atoms with Crippen molar-refractivity contribution < 1.29 is 9.53 Å². The number of carbonyl (C=O) groups excluding carboxylic acids is 1. The molecule has 0 aromatic heterocycles. The molecule has 2 aromatic carbocycles. The first-order valence-corrected chi connectivity index (χ1v) is 9.92. The average molecular weight is 401 g/mol. The number of carbonyl (C=O) groups is 1. The average Bonchev–Trinajstić information content (AvgIpc) is 3.21. The van der Waals surface area contributed by atoms with Crippen LogP contribution < -0.4 is 10.5 Å². The Balaban J connectivity index is 0.00000225. The van der Waals surface area contributed by atoms with Crippen LogP contribution in [0.5, 0.6) is 5.75 Å². The van der Waals surface area contributed by atoms with Crippen LogP contribution in [0.4, 0.5) is 0 Å². The van der Waals surface area contributed by atoms with Gasteiger partial charge >= 0.3 is 0 Å². The van der Waals surface area contributed by atoms with Gasteiger partial charge in [-0.15, -0.1) is 12.4 Å². The predicted molar refractivity (Wildman–Crippen MR) is 114 cm³/mol. The SMILES string of the molecule is COc1ccc2c(c1)CN(C(=O)[C@@H]1CCC[C@@H]1CN)C(c1ccccc1)C2.Cl. The lowest BCUT2D eigenvalue weighted by Crippen LogP contribution is -2.43. The summed E-state index contributed by atoms with van der Waals surface area (Å²) in [5.74, 6) is 1.50. The molecular weight excluding hydrogens is 372 g/mol. The van der Waals surface area contributed by atoms with E-state index in [1.54, 1.807) is 7.11 Å². The van der Waals surface area contributed by atoms with E-state index in [0.717, 1.165) is 31.4 Å². The van der Waals surface area contributed by atoms with Gasteiger partial charge in [-0.1, -0.05) is 42.8 Å². The maximum atomic E-state index is 13.6. The summed E-state index contributed by atoms with van der Waals surface area (Å²) in [6, 6.07) is 16.7. The van der Waals surface area contributed by atoms with Crippen LogP contribution >= 0.6 is 12.4 Å². The maximum Gasteiger partial charge on any atom is 0.226 e. The molecule has 1 fully saturated rings. The van der Waals surface area contributed by atoms with E-state index in [1.165, 1.54) is 16.7 Å². The minimum Gasteiger partial charge on any atom is -0.497 e. The molecule has 150 valence electrons. The normalized spacial score (nSPS) is 23.6. The highest BCUT2D eigenvalue weighted by molar-refractivity contribution is 5.85. The van der Waals surface area contributed by atoms with Gasteiger partial charge in [-0.25, -0.2) is 0 Å². The lowest BCUT2D eigenvalue weighted by molar-refractivity contribution is -0.140. The zero-order valence-electron chi connectivity index (χ0n) is 16.3. The molecule has 0 saturated heterocycles. The van der Waals surface area contributed by atoms with Crippen molar-refractivity contribution in [2.24, 2.45) is 17.6 Å². The number of rotatable bonds is 4. The number of hydrogen-bond acceptors (Lipinski definition) is 3. The van der Waals surface area contributed by atoms with Crippen LogP contribution in [0.3, 0.4) is 0 Å². The van der Waals surface area contributed by atoms with Gasteiger partial charge in [0.05, 0.1) is 13.2 Å². The summed E-state index contributed by atoms with van der Waals surface area (Å²) in [5.41, 5.74) is 9.66. The summed E-state index contributed by atoms with van der Waals surface area (Å²) in [6.07, 6.45) is 3.98. The Morgan fingerprint density at radius 3 is 2.64 bits per heavy atom.